The molecule has 4 amide bonds. The average molecular weight is 701 g/mol. The van der Waals surface area contributed by atoms with Crippen LogP contribution >= 0.6 is 0 Å². The van der Waals surface area contributed by atoms with E-state index in [2.05, 4.69) is 26.1 Å². The van der Waals surface area contributed by atoms with Crippen LogP contribution in [0.25, 0.3) is 10.9 Å². The first-order chi connectivity index (χ1) is 24.4. The molecule has 0 bridgehead atoms. The summed E-state index contributed by atoms with van der Waals surface area (Å²) in [6.07, 6.45) is 10.4. The van der Waals surface area contributed by atoms with Gasteiger partial charge in [0.25, 0.3) is 5.91 Å². The van der Waals surface area contributed by atoms with Crippen molar-refractivity contribution in [2.45, 2.75) is 135 Å². The summed E-state index contributed by atoms with van der Waals surface area (Å²) in [5.74, 6) is -2.23. The molecule has 0 radical (unpaired) electrons. The summed E-state index contributed by atoms with van der Waals surface area (Å²) < 4.78 is 0. The van der Waals surface area contributed by atoms with Crippen LogP contribution in [-0.2, 0) is 28.8 Å². The average Bonchev–Trinajstić information content (AvgIpc) is 3.71. The van der Waals surface area contributed by atoms with Crippen molar-refractivity contribution in [1.29, 1.82) is 0 Å². The predicted octanol–water partition coefficient (Wildman–Crippen LogP) is 4.33. The number of pyridine rings is 1. The minimum absolute atomic E-state index is 0.00414. The van der Waals surface area contributed by atoms with Crippen molar-refractivity contribution in [3.8, 4) is 0 Å². The second-order valence-corrected chi connectivity index (χ2v) is 16.1. The van der Waals surface area contributed by atoms with Gasteiger partial charge in [0, 0.05) is 42.5 Å². The summed E-state index contributed by atoms with van der Waals surface area (Å²) in [7, 11) is 0. The number of amides is 4. The van der Waals surface area contributed by atoms with Crippen molar-refractivity contribution in [3.05, 3.63) is 42.1 Å². The van der Waals surface area contributed by atoms with Crippen molar-refractivity contribution in [1.82, 2.24) is 25.8 Å². The Morgan fingerprint density at radius 2 is 1.75 bits per heavy atom. The van der Waals surface area contributed by atoms with Crippen LogP contribution in [0.1, 0.15) is 110 Å². The molecular formula is C39H52N6O6. The number of Topliss-reactive ketones (excluding diaryl/α,β-unsaturated/α-hetero) is 1. The van der Waals surface area contributed by atoms with E-state index in [4.69, 9.17) is 4.84 Å². The number of hydrogen-bond acceptors (Lipinski definition) is 8. The van der Waals surface area contributed by atoms with Crippen LogP contribution < -0.4 is 16.0 Å². The highest BCUT2D eigenvalue weighted by atomic mass is 16.7. The van der Waals surface area contributed by atoms with Gasteiger partial charge in [0.15, 0.2) is 5.60 Å². The number of ketones is 1. The molecule has 2 saturated carbocycles. The highest BCUT2D eigenvalue weighted by Crippen LogP contribution is 2.41. The molecule has 3 heterocycles. The van der Waals surface area contributed by atoms with Gasteiger partial charge in [-0.25, -0.2) is 0 Å². The summed E-state index contributed by atoms with van der Waals surface area (Å²) in [6.45, 7) is 7.61. The van der Waals surface area contributed by atoms with Crippen LogP contribution in [-0.4, -0.2) is 81.3 Å². The number of nitrogens with one attached hydrogen (secondary N) is 3. The summed E-state index contributed by atoms with van der Waals surface area (Å²) in [4.78, 5) is 80.6. The third kappa shape index (κ3) is 8.42. The van der Waals surface area contributed by atoms with E-state index in [1.54, 1.807) is 6.20 Å². The second-order valence-electron chi connectivity index (χ2n) is 16.1. The number of aromatic nitrogens is 1. The lowest BCUT2D eigenvalue weighted by atomic mass is 9.84. The first-order valence-corrected chi connectivity index (χ1v) is 18.7. The Balaban J connectivity index is 1.26. The molecule has 51 heavy (non-hydrogen) atoms. The van der Waals surface area contributed by atoms with Gasteiger partial charge in [-0.1, -0.05) is 82.8 Å². The molecule has 3 fully saturated rings. The summed E-state index contributed by atoms with van der Waals surface area (Å²) in [5.41, 5.74) is 0.556. The lowest BCUT2D eigenvalue weighted by Gasteiger charge is -2.36. The van der Waals surface area contributed by atoms with E-state index < -0.39 is 52.6 Å². The van der Waals surface area contributed by atoms with E-state index >= 15 is 0 Å². The van der Waals surface area contributed by atoms with Gasteiger partial charge in [-0.05, 0) is 49.5 Å². The van der Waals surface area contributed by atoms with Gasteiger partial charge in [-0.3, -0.25) is 29.0 Å². The summed E-state index contributed by atoms with van der Waals surface area (Å²) in [5, 5.41) is 14.1. The van der Waals surface area contributed by atoms with Crippen molar-refractivity contribution >= 4 is 46.0 Å². The van der Waals surface area contributed by atoms with Crippen LogP contribution in [0.3, 0.4) is 0 Å². The number of rotatable bonds is 12. The molecule has 2 aliphatic carbocycles. The molecule has 4 atom stereocenters. The quantitative estimate of drug-likeness (QED) is 0.278. The molecule has 2 aromatic rings. The molecule has 1 spiro atoms. The van der Waals surface area contributed by atoms with Crippen LogP contribution in [0.4, 0.5) is 0 Å². The first-order valence-electron chi connectivity index (χ1n) is 18.7. The maximum atomic E-state index is 14.7. The molecule has 6 rings (SSSR count). The second kappa shape index (κ2) is 15.1. The lowest BCUT2D eigenvalue weighted by molar-refractivity contribution is -0.145. The minimum atomic E-state index is -1.04. The Hall–Kier alpha value is -4.35. The Labute approximate surface area is 299 Å². The third-order valence-corrected chi connectivity index (χ3v) is 10.7. The number of benzene rings is 1. The van der Waals surface area contributed by atoms with Crippen molar-refractivity contribution < 1.29 is 28.8 Å². The maximum Gasteiger partial charge on any atom is 0.289 e. The van der Waals surface area contributed by atoms with E-state index in [1.807, 2.05) is 58.0 Å². The summed E-state index contributed by atoms with van der Waals surface area (Å²) in [6, 6.07) is 6.70. The highest BCUT2D eigenvalue weighted by molar-refractivity contribution is 6.38. The number of carbonyl (C=O) groups excluding carboxylic acids is 5. The Kier molecular flexibility index (Phi) is 10.8. The normalized spacial score (nSPS) is 23.3. The van der Waals surface area contributed by atoms with Crippen LogP contribution in [0.2, 0.25) is 0 Å². The first kappa shape index (κ1) is 36.4. The van der Waals surface area contributed by atoms with Crippen molar-refractivity contribution in [2.24, 2.45) is 16.5 Å². The van der Waals surface area contributed by atoms with Crippen LogP contribution in [0, 0.1) is 11.3 Å². The monoisotopic (exact) mass is 700 g/mol. The summed E-state index contributed by atoms with van der Waals surface area (Å²) >= 11 is 0. The molecule has 12 heteroatoms. The van der Waals surface area contributed by atoms with Gasteiger partial charge in [-0.15, -0.1) is 0 Å². The molecule has 274 valence electrons. The molecule has 12 nitrogen and oxygen atoms in total. The van der Waals surface area contributed by atoms with E-state index in [-0.39, 0.29) is 31.3 Å². The Bertz CT molecular complexity index is 1690. The molecule has 3 N–H and O–H groups in total. The molecule has 1 aromatic carbocycles. The van der Waals surface area contributed by atoms with Gasteiger partial charge in [0.1, 0.15) is 12.1 Å². The predicted molar refractivity (Wildman–Crippen MR) is 192 cm³/mol. The number of para-hydroxylation sites is 1. The van der Waals surface area contributed by atoms with E-state index in [0.29, 0.717) is 30.9 Å². The smallest absolute Gasteiger partial charge is 0.289 e. The number of oxime groups is 1. The number of nitrogens with zero attached hydrogens (tertiary/aromatic N) is 3. The number of likely N-dealkylation sites (tertiary alicyclic amines) is 1. The van der Waals surface area contributed by atoms with E-state index in [0.717, 1.165) is 55.0 Å². The fourth-order valence-corrected chi connectivity index (χ4v) is 7.77. The van der Waals surface area contributed by atoms with Gasteiger partial charge >= 0.3 is 0 Å². The number of fused-ring (bicyclic) bond motifs is 1. The van der Waals surface area contributed by atoms with Crippen molar-refractivity contribution in [3.63, 3.8) is 0 Å². The largest absolute Gasteiger partial charge is 0.387 e. The molecule has 1 aromatic heterocycles. The minimum Gasteiger partial charge on any atom is -0.387 e. The Morgan fingerprint density at radius 1 is 1.00 bits per heavy atom. The number of hydrogen-bond donors (Lipinski definition) is 3. The molecule has 2 aliphatic heterocycles. The molecule has 1 unspecified atom stereocenters. The van der Waals surface area contributed by atoms with E-state index in [1.165, 1.54) is 11.3 Å². The van der Waals surface area contributed by atoms with Gasteiger partial charge < -0.3 is 25.7 Å². The highest BCUT2D eigenvalue weighted by Gasteiger charge is 2.56. The van der Waals surface area contributed by atoms with Gasteiger partial charge in [-0.2, -0.15) is 0 Å². The third-order valence-electron chi connectivity index (χ3n) is 10.7. The fourth-order valence-electron chi connectivity index (χ4n) is 7.77. The molecule has 1 saturated heterocycles. The topological polar surface area (TPSA) is 159 Å². The zero-order valence-corrected chi connectivity index (χ0v) is 30.3. The maximum absolute atomic E-state index is 14.7. The zero-order valence-electron chi connectivity index (χ0n) is 30.3. The van der Waals surface area contributed by atoms with E-state index in [9.17, 15) is 24.0 Å². The van der Waals surface area contributed by atoms with Gasteiger partial charge in [0.2, 0.25) is 23.5 Å². The molecular weight excluding hydrogens is 648 g/mol. The number of carbonyl (C=O) groups is 5. The lowest BCUT2D eigenvalue weighted by Crippen LogP contribution is -2.59. The van der Waals surface area contributed by atoms with Crippen molar-refractivity contribution in [2.75, 3.05) is 6.54 Å². The Morgan fingerprint density at radius 3 is 2.45 bits per heavy atom. The molecule has 4 aliphatic rings. The SMILES string of the molecule is CCC[C@H](NC(=O)[C@@H]1CC2(CC(c3cccc4cccnc34)=NO2)CN1C(=O)[C@@H](NC(=O)CC1CCCCC1)C(C)(C)C)C(=O)C(=O)NC1CC1. The zero-order chi connectivity index (χ0) is 36.3. The van der Waals surface area contributed by atoms with Gasteiger partial charge in [0.05, 0.1) is 23.8 Å². The standard InChI is InChI=1S/C39H52N6O6/c1-5-11-28(33(47)36(49)41-26-17-18-26)42-35(48)30-22-39(21-29(44-51-39)27-16-9-14-25-15-10-19-40-32(25)27)23-45(30)37(50)34(38(2,3)4)43-31(46)20-24-12-7-6-8-13-24/h9-10,14-16,19,24,26,28,30,34H,5-8,11-13,17-18,20-23H2,1-4H3,(H,41,49)(H,42,48)(H,43,46)/t28-,30-,34+,39?/m0/s1. The van der Waals surface area contributed by atoms with Crippen LogP contribution in [0.5, 0.6) is 0 Å². The fraction of sp³-hybridized carbons (Fsp3) is 0.615. The van der Waals surface area contributed by atoms with Crippen LogP contribution in [0.15, 0.2) is 41.7 Å².